The third-order valence-corrected chi connectivity index (χ3v) is 6.24. The maximum absolute atomic E-state index is 12.9. The van der Waals surface area contributed by atoms with Gasteiger partial charge in [-0.05, 0) is 47.9 Å². The van der Waals surface area contributed by atoms with Gasteiger partial charge in [0.05, 0.1) is 18.6 Å². The number of halogens is 2. The van der Waals surface area contributed by atoms with Gasteiger partial charge in [0.2, 0.25) is 5.91 Å². The highest BCUT2D eigenvalue weighted by molar-refractivity contribution is 6.30. The number of carbonyl (C=O) groups excluding carboxylic acids is 1. The molecule has 0 unspecified atom stereocenters. The Balaban J connectivity index is 1.55. The molecule has 1 aliphatic heterocycles. The summed E-state index contributed by atoms with van der Waals surface area (Å²) in [5, 5.41) is 4.65. The van der Waals surface area contributed by atoms with Crippen molar-refractivity contribution in [3.63, 3.8) is 0 Å². The van der Waals surface area contributed by atoms with E-state index in [0.717, 1.165) is 16.7 Å². The van der Waals surface area contributed by atoms with Crippen molar-refractivity contribution in [3.8, 4) is 0 Å². The minimum atomic E-state index is -0.410. The molecule has 1 heterocycles. The van der Waals surface area contributed by atoms with Crippen molar-refractivity contribution < 1.29 is 9.53 Å². The van der Waals surface area contributed by atoms with Crippen LogP contribution in [0, 0.1) is 0 Å². The highest BCUT2D eigenvalue weighted by Crippen LogP contribution is 2.43. The van der Waals surface area contributed by atoms with Gasteiger partial charge >= 0.3 is 0 Å². The van der Waals surface area contributed by atoms with E-state index in [1.807, 2.05) is 66.7 Å². The Morgan fingerprint density at radius 3 is 1.97 bits per heavy atom. The van der Waals surface area contributed by atoms with Gasteiger partial charge in [0.25, 0.3) is 0 Å². The van der Waals surface area contributed by atoms with Crippen LogP contribution in [0.5, 0.6) is 0 Å². The smallest absolute Gasteiger partial charge is 0.224 e. The predicted molar refractivity (Wildman–Crippen MR) is 125 cm³/mol. The number of benzene rings is 3. The van der Waals surface area contributed by atoms with Gasteiger partial charge in [-0.15, -0.1) is 0 Å². The van der Waals surface area contributed by atoms with E-state index in [-0.39, 0.29) is 18.1 Å². The molecule has 1 fully saturated rings. The zero-order valence-electron chi connectivity index (χ0n) is 17.4. The zero-order valence-corrected chi connectivity index (χ0v) is 18.9. The van der Waals surface area contributed by atoms with Crippen LogP contribution in [0.2, 0.25) is 10.0 Å². The molecule has 4 rings (SSSR count). The molecule has 0 saturated carbocycles. The first kappa shape index (κ1) is 21.9. The molecule has 3 nitrogen and oxygen atoms in total. The highest BCUT2D eigenvalue weighted by Gasteiger charge is 2.40. The molecule has 3 aromatic rings. The second kappa shape index (κ2) is 9.44. The van der Waals surface area contributed by atoms with E-state index in [1.54, 1.807) is 0 Å². The fourth-order valence-electron chi connectivity index (χ4n) is 4.20. The van der Waals surface area contributed by atoms with E-state index in [1.165, 1.54) is 0 Å². The molecule has 0 radical (unpaired) electrons. The predicted octanol–water partition coefficient (Wildman–Crippen LogP) is 6.70. The van der Waals surface area contributed by atoms with Crippen molar-refractivity contribution in [2.45, 2.75) is 43.9 Å². The second-order valence-corrected chi connectivity index (χ2v) is 9.27. The molecule has 1 N–H and O–H groups in total. The molecule has 1 amide bonds. The van der Waals surface area contributed by atoms with Crippen LogP contribution in [0.3, 0.4) is 0 Å². The standard InChI is InChI=1S/C26H25Cl2NO2/c1-26(29-25(30)15-18-7-11-21(27)12-8-18)16-23(19-5-3-2-4-6-19)31-24(17-26)20-9-13-22(28)14-10-20/h2-14,23-24H,15-17H2,1H3,(H,29,30)/t23-,24+,26-/m1/s1. The van der Waals surface area contributed by atoms with Crippen molar-refractivity contribution in [2.24, 2.45) is 0 Å². The largest absolute Gasteiger partial charge is 0.365 e. The van der Waals surface area contributed by atoms with Crippen LogP contribution < -0.4 is 5.32 Å². The SMILES string of the molecule is C[C@]1(NC(=O)Cc2ccc(Cl)cc2)C[C@@H](c2ccc(Cl)cc2)O[C@@H](c2ccccc2)C1. The Morgan fingerprint density at radius 1 is 0.871 bits per heavy atom. The molecule has 1 aliphatic rings. The number of ether oxygens (including phenoxy) is 1. The lowest BCUT2D eigenvalue weighted by Gasteiger charge is -2.43. The molecule has 31 heavy (non-hydrogen) atoms. The monoisotopic (exact) mass is 453 g/mol. The van der Waals surface area contributed by atoms with Crippen molar-refractivity contribution in [1.82, 2.24) is 5.32 Å². The van der Waals surface area contributed by atoms with Gasteiger partial charge in [0.15, 0.2) is 0 Å². The fourth-order valence-corrected chi connectivity index (χ4v) is 4.46. The summed E-state index contributed by atoms with van der Waals surface area (Å²) in [4.78, 5) is 12.9. The van der Waals surface area contributed by atoms with Crippen LogP contribution in [0.15, 0.2) is 78.9 Å². The topological polar surface area (TPSA) is 38.3 Å². The minimum Gasteiger partial charge on any atom is -0.365 e. The van der Waals surface area contributed by atoms with Crippen molar-refractivity contribution in [2.75, 3.05) is 0 Å². The summed E-state index contributed by atoms with van der Waals surface area (Å²) in [6.07, 6.45) is 1.45. The van der Waals surface area contributed by atoms with Gasteiger partial charge in [-0.2, -0.15) is 0 Å². The summed E-state index contributed by atoms with van der Waals surface area (Å²) >= 11 is 12.0. The number of carbonyl (C=O) groups is 1. The molecule has 160 valence electrons. The summed E-state index contributed by atoms with van der Waals surface area (Å²) in [6.45, 7) is 2.11. The van der Waals surface area contributed by atoms with Gasteiger partial charge in [0, 0.05) is 28.4 Å². The van der Waals surface area contributed by atoms with Crippen LogP contribution in [-0.2, 0) is 16.0 Å². The number of nitrogens with one attached hydrogen (secondary N) is 1. The summed E-state index contributed by atoms with van der Waals surface area (Å²) in [5.74, 6) is -0.00612. The molecule has 5 heteroatoms. The summed E-state index contributed by atoms with van der Waals surface area (Å²) < 4.78 is 6.50. The third-order valence-electron chi connectivity index (χ3n) is 5.73. The molecular weight excluding hydrogens is 429 g/mol. The van der Waals surface area contributed by atoms with E-state index in [2.05, 4.69) is 24.4 Å². The molecule has 0 aliphatic carbocycles. The quantitative estimate of drug-likeness (QED) is 0.466. The molecule has 3 atom stereocenters. The average molecular weight is 454 g/mol. The lowest BCUT2D eigenvalue weighted by Crippen LogP contribution is -2.51. The van der Waals surface area contributed by atoms with E-state index in [0.29, 0.717) is 29.3 Å². The van der Waals surface area contributed by atoms with Crippen molar-refractivity contribution >= 4 is 29.1 Å². The second-order valence-electron chi connectivity index (χ2n) is 8.40. The van der Waals surface area contributed by atoms with Crippen LogP contribution in [0.1, 0.15) is 48.7 Å². The Morgan fingerprint density at radius 2 is 1.39 bits per heavy atom. The molecule has 0 spiro atoms. The highest BCUT2D eigenvalue weighted by atomic mass is 35.5. The molecular formula is C26H25Cl2NO2. The Kier molecular flexibility index (Phi) is 6.66. The van der Waals surface area contributed by atoms with Crippen LogP contribution in [0.25, 0.3) is 0 Å². The maximum Gasteiger partial charge on any atom is 0.224 e. The summed E-state index contributed by atoms with van der Waals surface area (Å²) in [5.41, 5.74) is 2.70. The molecule has 0 aromatic heterocycles. The van der Waals surface area contributed by atoms with Gasteiger partial charge < -0.3 is 10.1 Å². The normalized spacial score (nSPS) is 23.3. The summed E-state index contributed by atoms with van der Waals surface area (Å²) in [6, 6.07) is 25.3. The van der Waals surface area contributed by atoms with Gasteiger partial charge in [-0.3, -0.25) is 4.79 Å². The zero-order chi connectivity index (χ0) is 21.8. The molecule has 0 bridgehead atoms. The van der Waals surface area contributed by atoms with Crippen LogP contribution in [0.4, 0.5) is 0 Å². The first-order chi connectivity index (χ1) is 14.9. The number of hydrogen-bond donors (Lipinski definition) is 1. The maximum atomic E-state index is 12.9. The Hall–Kier alpha value is -2.33. The molecule has 3 aromatic carbocycles. The third kappa shape index (κ3) is 5.68. The lowest BCUT2D eigenvalue weighted by atomic mass is 9.81. The van der Waals surface area contributed by atoms with Crippen molar-refractivity contribution in [1.29, 1.82) is 0 Å². The first-order valence-corrected chi connectivity index (χ1v) is 11.2. The number of rotatable bonds is 5. The Bertz CT molecular complexity index is 1020. The van der Waals surface area contributed by atoms with E-state index in [4.69, 9.17) is 27.9 Å². The fraction of sp³-hybridized carbons (Fsp3) is 0.269. The van der Waals surface area contributed by atoms with E-state index in [9.17, 15) is 4.79 Å². The van der Waals surface area contributed by atoms with Crippen LogP contribution >= 0.6 is 23.2 Å². The van der Waals surface area contributed by atoms with E-state index < -0.39 is 5.54 Å². The van der Waals surface area contributed by atoms with Crippen molar-refractivity contribution in [3.05, 3.63) is 106 Å². The van der Waals surface area contributed by atoms with Gasteiger partial charge in [-0.25, -0.2) is 0 Å². The molecule has 1 saturated heterocycles. The number of hydrogen-bond acceptors (Lipinski definition) is 2. The van der Waals surface area contributed by atoms with E-state index >= 15 is 0 Å². The summed E-state index contributed by atoms with van der Waals surface area (Å²) in [7, 11) is 0. The lowest BCUT2D eigenvalue weighted by molar-refractivity contribution is -0.128. The van der Waals surface area contributed by atoms with Gasteiger partial charge in [0.1, 0.15) is 0 Å². The van der Waals surface area contributed by atoms with Crippen LogP contribution in [-0.4, -0.2) is 11.4 Å². The first-order valence-electron chi connectivity index (χ1n) is 10.4. The Labute approximate surface area is 193 Å². The van der Waals surface area contributed by atoms with Gasteiger partial charge in [-0.1, -0.05) is 77.8 Å². The number of amides is 1. The minimum absolute atomic E-state index is 0.00612. The average Bonchev–Trinajstić information content (AvgIpc) is 2.76.